The van der Waals surface area contributed by atoms with Crippen molar-refractivity contribution in [2.24, 2.45) is 0 Å². The summed E-state index contributed by atoms with van der Waals surface area (Å²) in [6, 6.07) is 0. The molecule has 6 N–H and O–H groups in total. The average molecular weight is 227 g/mol. The molecule has 0 radical (unpaired) electrons. The van der Waals surface area contributed by atoms with Crippen molar-refractivity contribution in [3.05, 3.63) is 0 Å². The van der Waals surface area contributed by atoms with Crippen LogP contribution in [0.15, 0.2) is 0 Å². The molecule has 0 saturated carbocycles. The molecule has 0 aliphatic rings. The van der Waals surface area contributed by atoms with Gasteiger partial charge in [0.1, 0.15) is 0 Å². The van der Waals surface area contributed by atoms with Gasteiger partial charge in [-0.3, -0.25) is 0 Å². The third kappa shape index (κ3) is 2.10. The summed E-state index contributed by atoms with van der Waals surface area (Å²) in [5, 5.41) is 0. The summed E-state index contributed by atoms with van der Waals surface area (Å²) in [7, 11) is 0. The van der Waals surface area contributed by atoms with E-state index in [1.165, 1.54) is 0 Å². The fourth-order valence-corrected chi connectivity index (χ4v) is 0.427. The molecule has 0 amide bonds. The first-order chi connectivity index (χ1) is 4.18. The Morgan fingerprint density at radius 1 is 0.700 bits per heavy atom. The van der Waals surface area contributed by atoms with Crippen molar-refractivity contribution in [2.45, 2.75) is 0 Å². The molecule has 6 nitrogen and oxygen atoms in total. The van der Waals surface area contributed by atoms with E-state index in [-0.39, 0.29) is 37.3 Å². The van der Waals surface area contributed by atoms with Crippen molar-refractivity contribution >= 4 is 17.8 Å². The quantitative estimate of drug-likeness (QED) is 0.470. The molecule has 0 spiro atoms. The third-order valence-electron chi connectivity index (χ3n) is 0.687. The Bertz CT molecular complexity index is 174. The van der Waals surface area contributed by atoms with Gasteiger partial charge >= 0.3 is 0 Å². The van der Waals surface area contributed by atoms with Crippen LogP contribution in [0, 0.1) is 0 Å². The Hall–Kier alpha value is -0.967. The zero-order chi connectivity index (χ0) is 6.85. The Kier molecular flexibility index (Phi) is 2.95. The minimum absolute atomic E-state index is 0. The van der Waals surface area contributed by atoms with Crippen LogP contribution in [-0.2, 0) is 19.5 Å². The van der Waals surface area contributed by atoms with E-state index in [4.69, 9.17) is 17.2 Å². The first-order valence-electron chi connectivity index (χ1n) is 2.21. The molecule has 7 heteroatoms. The topological polar surface area (TPSA) is 117 Å². The second-order valence-corrected chi connectivity index (χ2v) is 1.41. The number of rotatable bonds is 0. The second-order valence-electron chi connectivity index (χ2n) is 1.41. The molecule has 0 atom stereocenters. The molecule has 0 bridgehead atoms. The summed E-state index contributed by atoms with van der Waals surface area (Å²) in [6.07, 6.45) is 0. The van der Waals surface area contributed by atoms with Crippen LogP contribution in [0.5, 0.6) is 0 Å². The predicted molar refractivity (Wildman–Crippen MR) is 33.1 cm³/mol. The SMILES string of the molecule is Nc1nc(N)nc(N)n1.[Ru]. The third-order valence-corrected chi connectivity index (χ3v) is 0.687. The van der Waals surface area contributed by atoms with Gasteiger partial charge in [0.25, 0.3) is 0 Å². The van der Waals surface area contributed by atoms with E-state index >= 15 is 0 Å². The van der Waals surface area contributed by atoms with Crippen molar-refractivity contribution in [1.29, 1.82) is 0 Å². The largest absolute Gasteiger partial charge is 0.368 e. The Balaban J connectivity index is 0.000000810. The summed E-state index contributed by atoms with van der Waals surface area (Å²) in [5.41, 5.74) is 15.4. The summed E-state index contributed by atoms with van der Waals surface area (Å²) in [4.78, 5) is 10.5. The van der Waals surface area contributed by atoms with E-state index < -0.39 is 0 Å². The fraction of sp³-hybridized carbons (Fsp3) is 0. The molecule has 0 unspecified atom stereocenters. The molecule has 1 heterocycles. The molecule has 10 heavy (non-hydrogen) atoms. The molecule has 0 aliphatic carbocycles. The number of anilines is 3. The van der Waals surface area contributed by atoms with Crippen LogP contribution in [-0.4, -0.2) is 15.0 Å². The van der Waals surface area contributed by atoms with Crippen LogP contribution in [0.3, 0.4) is 0 Å². The Morgan fingerprint density at radius 2 is 0.900 bits per heavy atom. The van der Waals surface area contributed by atoms with Gasteiger partial charge in [-0.05, 0) is 0 Å². The Morgan fingerprint density at radius 3 is 1.10 bits per heavy atom. The molecule has 0 fully saturated rings. The fourth-order valence-electron chi connectivity index (χ4n) is 0.427. The van der Waals surface area contributed by atoms with E-state index in [1.807, 2.05) is 0 Å². The first kappa shape index (κ1) is 9.03. The van der Waals surface area contributed by atoms with Crippen molar-refractivity contribution in [3.8, 4) is 0 Å². The van der Waals surface area contributed by atoms with Gasteiger partial charge in [-0.2, -0.15) is 15.0 Å². The summed E-state index contributed by atoms with van der Waals surface area (Å²) < 4.78 is 0. The van der Waals surface area contributed by atoms with Gasteiger partial charge in [-0.25, -0.2) is 0 Å². The molecule has 0 aliphatic heterocycles. The molecular weight excluding hydrogens is 221 g/mol. The minimum Gasteiger partial charge on any atom is -0.368 e. The second kappa shape index (κ2) is 3.26. The van der Waals surface area contributed by atoms with E-state index in [1.54, 1.807) is 0 Å². The predicted octanol–water partition coefficient (Wildman–Crippen LogP) is -1.38. The van der Waals surface area contributed by atoms with E-state index in [9.17, 15) is 0 Å². The maximum absolute atomic E-state index is 5.14. The van der Waals surface area contributed by atoms with Crippen LogP contribution in [0.25, 0.3) is 0 Å². The van der Waals surface area contributed by atoms with Crippen molar-refractivity contribution in [3.63, 3.8) is 0 Å². The maximum atomic E-state index is 5.14. The zero-order valence-corrected chi connectivity index (χ0v) is 6.67. The van der Waals surface area contributed by atoms with Crippen LogP contribution in [0.4, 0.5) is 17.8 Å². The molecule has 0 aromatic carbocycles. The van der Waals surface area contributed by atoms with Crippen LogP contribution >= 0.6 is 0 Å². The van der Waals surface area contributed by atoms with Gasteiger partial charge in [-0.1, -0.05) is 0 Å². The van der Waals surface area contributed by atoms with Crippen LogP contribution < -0.4 is 17.2 Å². The van der Waals surface area contributed by atoms with Gasteiger partial charge in [0, 0.05) is 19.5 Å². The van der Waals surface area contributed by atoms with E-state index in [2.05, 4.69) is 15.0 Å². The maximum Gasteiger partial charge on any atom is 0.226 e. The van der Waals surface area contributed by atoms with Crippen LogP contribution in [0.1, 0.15) is 0 Å². The monoisotopic (exact) mass is 228 g/mol. The van der Waals surface area contributed by atoms with Gasteiger partial charge < -0.3 is 17.2 Å². The number of nitrogen functional groups attached to an aromatic ring is 3. The zero-order valence-electron chi connectivity index (χ0n) is 4.93. The van der Waals surface area contributed by atoms with Gasteiger partial charge in [-0.15, -0.1) is 0 Å². The van der Waals surface area contributed by atoms with Gasteiger partial charge in [0.2, 0.25) is 17.8 Å². The molecule has 56 valence electrons. The summed E-state index contributed by atoms with van der Waals surface area (Å²) in [5.74, 6) is 0.125. The number of nitrogens with zero attached hydrogens (tertiary/aromatic N) is 3. The summed E-state index contributed by atoms with van der Waals surface area (Å²) in [6.45, 7) is 0. The van der Waals surface area contributed by atoms with Crippen LogP contribution in [0.2, 0.25) is 0 Å². The number of hydrogen-bond donors (Lipinski definition) is 3. The van der Waals surface area contributed by atoms with Gasteiger partial charge in [0.15, 0.2) is 0 Å². The minimum atomic E-state index is 0. The molecule has 1 aromatic rings. The number of aromatic nitrogens is 3. The van der Waals surface area contributed by atoms with Crippen molar-refractivity contribution in [1.82, 2.24) is 15.0 Å². The molecule has 1 aromatic heterocycles. The molecule has 0 saturated heterocycles. The van der Waals surface area contributed by atoms with E-state index in [0.29, 0.717) is 0 Å². The van der Waals surface area contributed by atoms with Gasteiger partial charge in [0.05, 0.1) is 0 Å². The number of hydrogen-bond acceptors (Lipinski definition) is 6. The Labute approximate surface area is 70.0 Å². The van der Waals surface area contributed by atoms with Crippen molar-refractivity contribution < 1.29 is 19.5 Å². The normalized spacial score (nSPS) is 8.40. The number of nitrogens with two attached hydrogens (primary N) is 3. The van der Waals surface area contributed by atoms with Crippen molar-refractivity contribution in [2.75, 3.05) is 17.2 Å². The van der Waals surface area contributed by atoms with E-state index in [0.717, 1.165) is 0 Å². The standard InChI is InChI=1S/C3H6N6.Ru/c4-1-7-2(5)9-3(6)8-1;/h(H6,4,5,6,7,8,9);. The summed E-state index contributed by atoms with van der Waals surface area (Å²) >= 11 is 0. The smallest absolute Gasteiger partial charge is 0.226 e. The molecule has 1 rings (SSSR count). The molecular formula is C3H6N6Ru. The average Bonchev–Trinajstić information content (AvgIpc) is 1.59. The first-order valence-corrected chi connectivity index (χ1v) is 2.21.